The highest BCUT2D eigenvalue weighted by Crippen LogP contribution is 2.41. The Hall–Kier alpha value is -2.97. The summed E-state index contributed by atoms with van der Waals surface area (Å²) < 4.78 is 40.6. The highest BCUT2D eigenvalue weighted by atomic mass is 19.1. The van der Waals surface area contributed by atoms with Crippen LogP contribution in [0.5, 0.6) is 0 Å². The highest BCUT2D eigenvalue weighted by molar-refractivity contribution is 5.99. The number of carbonyl (C=O) groups is 2. The van der Waals surface area contributed by atoms with Gasteiger partial charge in [0.1, 0.15) is 18.5 Å². The third kappa shape index (κ3) is 4.72. The van der Waals surface area contributed by atoms with Crippen molar-refractivity contribution in [2.75, 3.05) is 18.4 Å². The van der Waals surface area contributed by atoms with Gasteiger partial charge in [0.2, 0.25) is 11.9 Å². The minimum absolute atomic E-state index is 0.0453. The molecule has 2 aromatic rings. The third-order valence-corrected chi connectivity index (χ3v) is 5.05. The van der Waals surface area contributed by atoms with Crippen LogP contribution in [-0.2, 0) is 4.79 Å². The molecule has 1 aromatic carbocycles. The molecular formula is C20H19F3N4O2. The van der Waals surface area contributed by atoms with Crippen molar-refractivity contribution < 1.29 is 22.8 Å². The molecule has 0 aliphatic heterocycles. The molecule has 2 saturated carbocycles. The van der Waals surface area contributed by atoms with Gasteiger partial charge in [0.25, 0.3) is 5.91 Å². The lowest BCUT2D eigenvalue weighted by Gasteiger charge is -2.22. The molecule has 0 bridgehead atoms. The van der Waals surface area contributed by atoms with Gasteiger partial charge in [-0.15, -0.1) is 0 Å². The first kappa shape index (κ1) is 19.4. The van der Waals surface area contributed by atoms with E-state index in [0.717, 1.165) is 25.2 Å². The topological polar surface area (TPSA) is 75.2 Å². The summed E-state index contributed by atoms with van der Waals surface area (Å²) in [6, 6.07) is 4.30. The van der Waals surface area contributed by atoms with Gasteiger partial charge in [-0.25, -0.2) is 23.1 Å². The number of hydrogen-bond acceptors (Lipinski definition) is 4. The van der Waals surface area contributed by atoms with Crippen molar-refractivity contribution in [1.82, 2.24) is 14.9 Å². The number of carbonyl (C=O) groups excluding carboxylic acids is 2. The molecule has 29 heavy (non-hydrogen) atoms. The van der Waals surface area contributed by atoms with Crippen LogP contribution in [0.3, 0.4) is 0 Å². The second kappa shape index (κ2) is 7.81. The summed E-state index contributed by atoms with van der Waals surface area (Å²) in [6.07, 6.45) is 2.97. The molecule has 1 heterocycles. The normalized spacial score (nSPS) is 20.2. The van der Waals surface area contributed by atoms with Crippen LogP contribution in [-0.4, -0.2) is 45.9 Å². The van der Waals surface area contributed by atoms with Crippen LogP contribution in [0.4, 0.5) is 19.1 Å². The Labute approximate surface area is 165 Å². The van der Waals surface area contributed by atoms with E-state index in [1.54, 1.807) is 6.07 Å². The zero-order valence-corrected chi connectivity index (χ0v) is 15.4. The summed E-state index contributed by atoms with van der Waals surface area (Å²) >= 11 is 0. The van der Waals surface area contributed by atoms with Gasteiger partial charge >= 0.3 is 0 Å². The SMILES string of the molecule is O=C(CN(C[C@@H]1CC1F)C(=O)c1ccc(C2CC2)c(F)c1)Nc1ncc(F)cn1. The zero-order chi connectivity index (χ0) is 20.5. The number of nitrogens with zero attached hydrogens (tertiary/aromatic N) is 3. The summed E-state index contributed by atoms with van der Waals surface area (Å²) in [5.41, 5.74) is 0.694. The lowest BCUT2D eigenvalue weighted by molar-refractivity contribution is -0.117. The smallest absolute Gasteiger partial charge is 0.254 e. The maximum Gasteiger partial charge on any atom is 0.254 e. The molecule has 4 rings (SSSR count). The van der Waals surface area contributed by atoms with Crippen molar-refractivity contribution in [1.29, 1.82) is 0 Å². The molecule has 9 heteroatoms. The fourth-order valence-electron chi connectivity index (χ4n) is 3.18. The number of aromatic nitrogens is 2. The number of nitrogens with one attached hydrogen (secondary N) is 1. The highest BCUT2D eigenvalue weighted by Gasteiger charge is 2.40. The number of benzene rings is 1. The van der Waals surface area contributed by atoms with Crippen molar-refractivity contribution in [3.63, 3.8) is 0 Å². The molecule has 2 aliphatic rings. The van der Waals surface area contributed by atoms with Crippen molar-refractivity contribution in [3.8, 4) is 0 Å². The summed E-state index contributed by atoms with van der Waals surface area (Å²) in [6.45, 7) is -0.335. The Bertz CT molecular complexity index is 934. The molecule has 152 valence electrons. The Morgan fingerprint density at radius 3 is 2.45 bits per heavy atom. The van der Waals surface area contributed by atoms with Crippen LogP contribution < -0.4 is 5.32 Å². The zero-order valence-electron chi connectivity index (χ0n) is 15.4. The number of halogens is 3. The van der Waals surface area contributed by atoms with Crippen LogP contribution in [0.15, 0.2) is 30.6 Å². The quantitative estimate of drug-likeness (QED) is 0.770. The second-order valence-electron chi connectivity index (χ2n) is 7.48. The average Bonchev–Trinajstić information content (AvgIpc) is 3.61. The largest absolute Gasteiger partial charge is 0.329 e. The summed E-state index contributed by atoms with van der Waals surface area (Å²) in [5.74, 6) is -2.52. The van der Waals surface area contributed by atoms with E-state index in [2.05, 4.69) is 15.3 Å². The van der Waals surface area contributed by atoms with Crippen LogP contribution in [0, 0.1) is 17.6 Å². The van der Waals surface area contributed by atoms with Crippen molar-refractivity contribution >= 4 is 17.8 Å². The number of hydrogen-bond donors (Lipinski definition) is 1. The van der Waals surface area contributed by atoms with E-state index in [9.17, 15) is 22.8 Å². The third-order valence-electron chi connectivity index (χ3n) is 5.05. The predicted molar refractivity (Wildman–Crippen MR) is 97.9 cm³/mol. The van der Waals surface area contributed by atoms with E-state index in [1.165, 1.54) is 17.0 Å². The number of amides is 2. The molecule has 1 aromatic heterocycles. The maximum atomic E-state index is 14.3. The van der Waals surface area contributed by atoms with Gasteiger partial charge in [0.15, 0.2) is 5.82 Å². The monoisotopic (exact) mass is 404 g/mol. The first-order valence-corrected chi connectivity index (χ1v) is 9.41. The van der Waals surface area contributed by atoms with E-state index in [4.69, 9.17) is 0 Å². The van der Waals surface area contributed by atoms with E-state index in [-0.39, 0.29) is 36.4 Å². The summed E-state index contributed by atoms with van der Waals surface area (Å²) in [7, 11) is 0. The molecule has 2 aliphatic carbocycles. The Balaban J connectivity index is 1.47. The van der Waals surface area contributed by atoms with Crippen LogP contribution in [0.2, 0.25) is 0 Å². The molecule has 0 radical (unpaired) electrons. The fraction of sp³-hybridized carbons (Fsp3) is 0.400. The molecule has 2 fully saturated rings. The molecule has 2 amide bonds. The molecule has 6 nitrogen and oxygen atoms in total. The van der Waals surface area contributed by atoms with Gasteiger partial charge in [-0.2, -0.15) is 0 Å². The van der Waals surface area contributed by atoms with Crippen molar-refractivity contribution in [3.05, 3.63) is 53.4 Å². The lowest BCUT2D eigenvalue weighted by atomic mass is 10.1. The molecular weight excluding hydrogens is 385 g/mol. The molecule has 1 unspecified atom stereocenters. The van der Waals surface area contributed by atoms with E-state index in [0.29, 0.717) is 12.0 Å². The Morgan fingerprint density at radius 1 is 1.17 bits per heavy atom. The van der Waals surface area contributed by atoms with Gasteiger partial charge < -0.3 is 4.90 Å². The summed E-state index contributed by atoms with van der Waals surface area (Å²) in [5, 5.41) is 2.36. The van der Waals surface area contributed by atoms with Crippen LogP contribution in [0.1, 0.15) is 41.1 Å². The van der Waals surface area contributed by atoms with E-state index in [1.807, 2.05) is 0 Å². The summed E-state index contributed by atoms with van der Waals surface area (Å²) in [4.78, 5) is 33.6. The van der Waals surface area contributed by atoms with Crippen molar-refractivity contribution in [2.45, 2.75) is 31.4 Å². The maximum absolute atomic E-state index is 14.3. The van der Waals surface area contributed by atoms with E-state index < -0.39 is 29.6 Å². The van der Waals surface area contributed by atoms with Gasteiger partial charge in [0, 0.05) is 18.0 Å². The molecule has 0 spiro atoms. The number of anilines is 1. The number of alkyl halides is 1. The fourth-order valence-corrected chi connectivity index (χ4v) is 3.18. The first-order chi connectivity index (χ1) is 13.9. The average molecular weight is 404 g/mol. The van der Waals surface area contributed by atoms with Crippen LogP contribution >= 0.6 is 0 Å². The van der Waals surface area contributed by atoms with Gasteiger partial charge in [-0.05, 0) is 42.9 Å². The predicted octanol–water partition coefficient (Wildman–Crippen LogP) is 3.07. The second-order valence-corrected chi connectivity index (χ2v) is 7.48. The van der Waals surface area contributed by atoms with Gasteiger partial charge in [-0.1, -0.05) is 6.07 Å². The molecule has 1 N–H and O–H groups in total. The van der Waals surface area contributed by atoms with Gasteiger partial charge in [0.05, 0.1) is 12.4 Å². The van der Waals surface area contributed by atoms with Crippen LogP contribution in [0.25, 0.3) is 0 Å². The van der Waals surface area contributed by atoms with Gasteiger partial charge in [-0.3, -0.25) is 14.9 Å². The minimum Gasteiger partial charge on any atom is -0.329 e. The standard InChI is InChI=1S/C20H19F3N4O2/c21-14-7-24-20(25-8-14)26-18(28)10-27(9-13-6-16(13)22)19(29)12-3-4-15(11-1-2-11)17(23)5-12/h3-5,7-8,11,13,16H,1-2,6,9-10H2,(H,24,25,26,28)/t13-,16?/m0/s1. The first-order valence-electron chi connectivity index (χ1n) is 9.41. The minimum atomic E-state index is -1.01. The molecule has 2 atom stereocenters. The number of rotatable bonds is 7. The van der Waals surface area contributed by atoms with E-state index >= 15 is 0 Å². The van der Waals surface area contributed by atoms with Crippen molar-refractivity contribution in [2.24, 2.45) is 5.92 Å². The lowest BCUT2D eigenvalue weighted by Crippen LogP contribution is -2.39. The Morgan fingerprint density at radius 2 is 1.86 bits per heavy atom. The molecule has 0 saturated heterocycles. The Kier molecular flexibility index (Phi) is 5.21.